The summed E-state index contributed by atoms with van der Waals surface area (Å²) in [7, 11) is 0. The molecule has 0 bridgehead atoms. The number of pyridine rings is 1. The van der Waals surface area contributed by atoms with Gasteiger partial charge in [-0.05, 0) is 42.8 Å². The van der Waals surface area contributed by atoms with Crippen LogP contribution >= 0.6 is 11.6 Å². The van der Waals surface area contributed by atoms with Crippen LogP contribution in [0, 0.1) is 0 Å². The Labute approximate surface area is 178 Å². The van der Waals surface area contributed by atoms with E-state index in [0.717, 1.165) is 48.2 Å². The fourth-order valence-corrected chi connectivity index (χ4v) is 4.96. The second-order valence-electron chi connectivity index (χ2n) is 8.26. The number of likely N-dealkylation sites (tertiary alicyclic amines) is 1. The van der Waals surface area contributed by atoms with Crippen LogP contribution in [0.25, 0.3) is 22.2 Å². The van der Waals surface area contributed by atoms with Crippen LogP contribution in [0.2, 0.25) is 5.02 Å². The minimum Gasteiger partial charge on any atom is -0.337 e. The van der Waals surface area contributed by atoms with E-state index in [2.05, 4.69) is 27.9 Å². The van der Waals surface area contributed by atoms with E-state index in [0.29, 0.717) is 10.6 Å². The number of halogens is 1. The van der Waals surface area contributed by atoms with Crippen molar-refractivity contribution >= 4 is 28.4 Å². The van der Waals surface area contributed by atoms with Crippen LogP contribution in [-0.2, 0) is 12.0 Å². The number of hydrogen-bond donors (Lipinski definition) is 0. The summed E-state index contributed by atoms with van der Waals surface area (Å²) in [5, 5.41) is 6.54. The van der Waals surface area contributed by atoms with E-state index in [9.17, 15) is 4.79 Å². The number of fused-ring (bicyclic) bond motifs is 3. The molecule has 6 heteroatoms. The van der Waals surface area contributed by atoms with E-state index >= 15 is 0 Å². The summed E-state index contributed by atoms with van der Waals surface area (Å²) in [5.74, 6) is 0.0417. The summed E-state index contributed by atoms with van der Waals surface area (Å²) >= 11 is 6.05. The van der Waals surface area contributed by atoms with Crippen LogP contribution in [0.1, 0.15) is 22.5 Å². The molecular formula is C24H19ClN4O. The fraction of sp³-hybridized carbons (Fsp3) is 0.208. The predicted octanol–water partition coefficient (Wildman–Crippen LogP) is 4.55. The average Bonchev–Trinajstić information content (AvgIpc) is 3.31. The van der Waals surface area contributed by atoms with Crippen molar-refractivity contribution in [3.05, 3.63) is 83.1 Å². The average molecular weight is 415 g/mol. The van der Waals surface area contributed by atoms with Gasteiger partial charge in [0, 0.05) is 58.5 Å². The standard InChI is InChI=1S/C24H19ClN4O/c25-19-6-3-5-17(11-19)23(30)28-14-24(15-28)8-9-29-22(24)12-21(27-29)18-10-16-4-1-2-7-20(16)26-13-18/h1-7,10-13H,8-9,14-15H2. The van der Waals surface area contributed by atoms with Crippen LogP contribution in [-0.4, -0.2) is 38.7 Å². The molecule has 5 nitrogen and oxygen atoms in total. The monoisotopic (exact) mass is 414 g/mol. The van der Waals surface area contributed by atoms with Gasteiger partial charge in [-0.3, -0.25) is 14.5 Å². The van der Waals surface area contributed by atoms with Gasteiger partial charge in [-0.25, -0.2) is 0 Å². The highest BCUT2D eigenvalue weighted by Crippen LogP contribution is 2.44. The largest absolute Gasteiger partial charge is 0.337 e. The van der Waals surface area contributed by atoms with Crippen LogP contribution in [0.15, 0.2) is 66.9 Å². The van der Waals surface area contributed by atoms with Crippen molar-refractivity contribution in [2.24, 2.45) is 0 Å². The maximum atomic E-state index is 12.8. The molecule has 2 aromatic heterocycles. The van der Waals surface area contributed by atoms with Gasteiger partial charge in [0.25, 0.3) is 5.91 Å². The topological polar surface area (TPSA) is 51.0 Å². The number of benzene rings is 2. The fourth-order valence-electron chi connectivity index (χ4n) is 4.77. The highest BCUT2D eigenvalue weighted by atomic mass is 35.5. The van der Waals surface area contributed by atoms with E-state index < -0.39 is 0 Å². The number of amides is 1. The molecule has 2 aliphatic rings. The normalized spacial score (nSPS) is 16.6. The van der Waals surface area contributed by atoms with E-state index in [4.69, 9.17) is 16.7 Å². The number of carbonyl (C=O) groups excluding carboxylic acids is 1. The lowest BCUT2D eigenvalue weighted by Gasteiger charge is -2.47. The molecule has 0 aliphatic carbocycles. The summed E-state index contributed by atoms with van der Waals surface area (Å²) in [5.41, 5.74) is 4.83. The zero-order chi connectivity index (χ0) is 20.3. The molecule has 6 rings (SSSR count). The molecule has 0 atom stereocenters. The Bertz CT molecular complexity index is 1310. The third kappa shape index (κ3) is 2.66. The Hall–Kier alpha value is -3.18. The second kappa shape index (κ2) is 6.41. The van der Waals surface area contributed by atoms with Gasteiger partial charge in [0.05, 0.1) is 11.2 Å². The van der Waals surface area contributed by atoms with Crippen molar-refractivity contribution in [3.63, 3.8) is 0 Å². The number of hydrogen-bond acceptors (Lipinski definition) is 3. The second-order valence-corrected chi connectivity index (χ2v) is 8.69. The van der Waals surface area contributed by atoms with Crippen molar-refractivity contribution in [3.8, 4) is 11.3 Å². The van der Waals surface area contributed by atoms with Crippen molar-refractivity contribution in [2.75, 3.05) is 13.1 Å². The third-order valence-electron chi connectivity index (χ3n) is 6.36. The molecule has 0 N–H and O–H groups in total. The van der Waals surface area contributed by atoms with Gasteiger partial charge >= 0.3 is 0 Å². The van der Waals surface area contributed by atoms with E-state index in [1.807, 2.05) is 41.4 Å². The summed E-state index contributed by atoms with van der Waals surface area (Å²) in [6.07, 6.45) is 2.91. The highest BCUT2D eigenvalue weighted by Gasteiger charge is 2.51. The van der Waals surface area contributed by atoms with Crippen LogP contribution in [0.3, 0.4) is 0 Å². The maximum absolute atomic E-state index is 12.8. The Morgan fingerprint density at radius 3 is 2.77 bits per heavy atom. The number of para-hydroxylation sites is 1. The molecule has 0 saturated carbocycles. The van der Waals surface area contributed by atoms with Crippen LogP contribution in [0.5, 0.6) is 0 Å². The van der Waals surface area contributed by atoms with Gasteiger partial charge in [0.15, 0.2) is 0 Å². The first-order chi connectivity index (χ1) is 14.6. The van der Waals surface area contributed by atoms with Gasteiger partial charge in [-0.15, -0.1) is 0 Å². The number of nitrogens with zero attached hydrogens (tertiary/aromatic N) is 4. The molecule has 1 spiro atoms. The van der Waals surface area contributed by atoms with Crippen molar-refractivity contribution in [2.45, 2.75) is 18.4 Å². The lowest BCUT2D eigenvalue weighted by Crippen LogP contribution is -2.60. The first-order valence-electron chi connectivity index (χ1n) is 10.1. The molecule has 0 unspecified atom stereocenters. The van der Waals surface area contributed by atoms with E-state index in [-0.39, 0.29) is 11.3 Å². The summed E-state index contributed by atoms with van der Waals surface area (Å²) in [6.45, 7) is 2.33. The summed E-state index contributed by atoms with van der Waals surface area (Å²) in [4.78, 5) is 19.3. The van der Waals surface area contributed by atoms with Gasteiger partial charge in [0.2, 0.25) is 0 Å². The molecule has 1 amide bonds. The SMILES string of the molecule is O=C(c1cccc(Cl)c1)N1CC2(CCn3nc(-c4cnc5ccccc5c4)cc32)C1. The third-order valence-corrected chi connectivity index (χ3v) is 6.59. The first-order valence-corrected chi connectivity index (χ1v) is 10.5. The highest BCUT2D eigenvalue weighted by molar-refractivity contribution is 6.31. The number of aromatic nitrogens is 3. The Morgan fingerprint density at radius 2 is 1.90 bits per heavy atom. The smallest absolute Gasteiger partial charge is 0.253 e. The zero-order valence-corrected chi connectivity index (χ0v) is 17.0. The van der Waals surface area contributed by atoms with E-state index in [1.54, 1.807) is 12.1 Å². The van der Waals surface area contributed by atoms with Gasteiger partial charge in [-0.1, -0.05) is 35.9 Å². The minimum absolute atomic E-state index is 0.00373. The molecular weight excluding hydrogens is 396 g/mol. The predicted molar refractivity (Wildman–Crippen MR) is 117 cm³/mol. The number of carbonyl (C=O) groups is 1. The Kier molecular flexibility index (Phi) is 3.77. The summed E-state index contributed by atoms with van der Waals surface area (Å²) < 4.78 is 2.10. The van der Waals surface area contributed by atoms with Gasteiger partial charge < -0.3 is 4.90 Å². The van der Waals surface area contributed by atoms with Gasteiger partial charge in [-0.2, -0.15) is 5.10 Å². The molecule has 1 fully saturated rings. The lowest BCUT2D eigenvalue weighted by molar-refractivity contribution is 0.0391. The zero-order valence-electron chi connectivity index (χ0n) is 16.3. The van der Waals surface area contributed by atoms with Gasteiger partial charge in [0.1, 0.15) is 0 Å². The van der Waals surface area contributed by atoms with E-state index in [1.165, 1.54) is 5.69 Å². The van der Waals surface area contributed by atoms with Crippen molar-refractivity contribution < 1.29 is 4.79 Å². The van der Waals surface area contributed by atoms with Crippen molar-refractivity contribution in [1.29, 1.82) is 0 Å². The molecule has 2 aromatic carbocycles. The Morgan fingerprint density at radius 1 is 1.03 bits per heavy atom. The molecule has 148 valence electrons. The summed E-state index contributed by atoms with van der Waals surface area (Å²) in [6, 6.07) is 19.6. The minimum atomic E-state index is 0.00373. The molecule has 4 aromatic rings. The molecule has 0 radical (unpaired) electrons. The number of aryl methyl sites for hydroxylation is 1. The Balaban J connectivity index is 1.27. The number of rotatable bonds is 2. The molecule has 4 heterocycles. The molecule has 2 aliphatic heterocycles. The van der Waals surface area contributed by atoms with Crippen molar-refractivity contribution in [1.82, 2.24) is 19.7 Å². The molecule has 30 heavy (non-hydrogen) atoms. The molecule has 1 saturated heterocycles. The van der Waals surface area contributed by atoms with Crippen LogP contribution < -0.4 is 0 Å². The first kappa shape index (κ1) is 17.7. The van der Waals surface area contributed by atoms with Crippen LogP contribution in [0.4, 0.5) is 0 Å². The lowest BCUT2D eigenvalue weighted by atomic mass is 9.75. The maximum Gasteiger partial charge on any atom is 0.253 e. The quantitative estimate of drug-likeness (QED) is 0.483.